The van der Waals surface area contributed by atoms with Crippen LogP contribution in [0.4, 0.5) is 0 Å². The van der Waals surface area contributed by atoms with Gasteiger partial charge in [0.25, 0.3) is 5.91 Å². The molecule has 1 aliphatic carbocycles. The van der Waals surface area contributed by atoms with Gasteiger partial charge in [-0.05, 0) is 30.9 Å². The maximum atomic E-state index is 13.2. The fourth-order valence-corrected chi connectivity index (χ4v) is 4.73. The Kier molecular flexibility index (Phi) is 3.57. The normalized spacial score (nSPS) is 26.7. The number of carbonyl (C=O) groups excluding carboxylic acids is 1. The average molecular weight is 354 g/mol. The summed E-state index contributed by atoms with van der Waals surface area (Å²) in [6.45, 7) is 1.46. The maximum absolute atomic E-state index is 13.2. The molecule has 136 valence electrons. The van der Waals surface area contributed by atoms with Gasteiger partial charge >= 0.3 is 0 Å². The average Bonchev–Trinajstić information content (AvgIpc) is 3.30. The molecule has 3 heterocycles. The molecule has 1 aromatic carbocycles. The van der Waals surface area contributed by atoms with Crippen molar-refractivity contribution in [3.63, 3.8) is 0 Å². The predicted molar refractivity (Wildman–Crippen MR) is 93.2 cm³/mol. The molecular weight excluding hydrogens is 332 g/mol. The quantitative estimate of drug-likeness (QED) is 0.894. The summed E-state index contributed by atoms with van der Waals surface area (Å²) in [7, 11) is 0. The van der Waals surface area contributed by atoms with Crippen LogP contribution >= 0.6 is 0 Å². The minimum Gasteiger partial charge on any atom is -0.493 e. The topological polar surface area (TPSA) is 75.8 Å². The van der Waals surface area contributed by atoms with Crippen LogP contribution in [0.15, 0.2) is 28.8 Å². The van der Waals surface area contributed by atoms with Crippen LogP contribution in [0.2, 0.25) is 0 Å². The van der Waals surface area contributed by atoms with E-state index in [1.807, 2.05) is 29.2 Å². The third kappa shape index (κ3) is 2.21. The van der Waals surface area contributed by atoms with Gasteiger partial charge < -0.3 is 19.3 Å². The number of benzene rings is 1. The molecule has 1 fully saturated rings. The van der Waals surface area contributed by atoms with Crippen LogP contribution in [0.5, 0.6) is 5.75 Å². The van der Waals surface area contributed by atoms with Crippen molar-refractivity contribution in [1.29, 1.82) is 0 Å². The number of para-hydroxylation sites is 1. The number of hydrogen-bond acceptors (Lipinski definition) is 5. The zero-order chi connectivity index (χ0) is 17.7. The van der Waals surface area contributed by atoms with Crippen LogP contribution in [0.3, 0.4) is 0 Å². The maximum Gasteiger partial charge on any atom is 0.276 e. The van der Waals surface area contributed by atoms with Crippen LogP contribution < -0.4 is 4.74 Å². The summed E-state index contributed by atoms with van der Waals surface area (Å²) in [4.78, 5) is 15.0. The second-order valence-corrected chi connectivity index (χ2v) is 7.73. The minimum atomic E-state index is -0.451. The summed E-state index contributed by atoms with van der Waals surface area (Å²) in [5.41, 5.74) is 2.06. The summed E-state index contributed by atoms with van der Waals surface area (Å²) >= 11 is 0. The lowest BCUT2D eigenvalue weighted by atomic mass is 9.74. The minimum absolute atomic E-state index is 0.00724. The molecule has 26 heavy (non-hydrogen) atoms. The van der Waals surface area contributed by atoms with Gasteiger partial charge in [-0.15, -0.1) is 0 Å². The first kappa shape index (κ1) is 15.9. The van der Waals surface area contributed by atoms with E-state index in [2.05, 4.69) is 5.16 Å². The second-order valence-electron chi connectivity index (χ2n) is 7.73. The molecule has 1 aromatic heterocycles. The highest BCUT2D eigenvalue weighted by Crippen LogP contribution is 2.49. The molecule has 2 atom stereocenters. The summed E-state index contributed by atoms with van der Waals surface area (Å²) < 4.78 is 11.3. The third-order valence-electron chi connectivity index (χ3n) is 6.21. The van der Waals surface area contributed by atoms with Crippen LogP contribution in [-0.4, -0.2) is 47.4 Å². The van der Waals surface area contributed by atoms with Crippen molar-refractivity contribution in [3.8, 4) is 5.75 Å². The highest BCUT2D eigenvalue weighted by molar-refractivity contribution is 5.94. The zero-order valence-corrected chi connectivity index (χ0v) is 14.6. The number of hydrogen-bond donors (Lipinski definition) is 1. The standard InChI is InChI=1S/C20H22N2O4/c23-11-20-10-22(9-15(20)13-5-1-3-7-16(13)25-12-20)19(24)18-14-6-2-4-8-17(14)26-21-18/h1,3,5,7,15,23H,2,4,6,8-12H2/t15-,20-/m1/s1. The summed E-state index contributed by atoms with van der Waals surface area (Å²) in [6, 6.07) is 7.92. The van der Waals surface area contributed by atoms with E-state index in [1.54, 1.807) is 0 Å². The van der Waals surface area contributed by atoms with Gasteiger partial charge in [-0.2, -0.15) is 0 Å². The van der Waals surface area contributed by atoms with Crippen molar-refractivity contribution in [1.82, 2.24) is 10.1 Å². The Morgan fingerprint density at radius 2 is 2.15 bits per heavy atom. The van der Waals surface area contributed by atoms with Crippen molar-refractivity contribution < 1.29 is 19.2 Å². The first-order chi connectivity index (χ1) is 12.7. The van der Waals surface area contributed by atoms with Gasteiger partial charge in [0.2, 0.25) is 0 Å². The molecule has 6 nitrogen and oxygen atoms in total. The van der Waals surface area contributed by atoms with E-state index in [4.69, 9.17) is 9.26 Å². The molecule has 0 saturated carbocycles. The van der Waals surface area contributed by atoms with Crippen molar-refractivity contribution >= 4 is 5.91 Å². The second kappa shape index (κ2) is 5.84. The van der Waals surface area contributed by atoms with Crippen LogP contribution in [0.25, 0.3) is 0 Å². The van der Waals surface area contributed by atoms with E-state index in [0.717, 1.165) is 48.3 Å². The number of aryl methyl sites for hydroxylation is 1. The van der Waals surface area contributed by atoms with Crippen LogP contribution in [0, 0.1) is 5.41 Å². The van der Waals surface area contributed by atoms with Crippen molar-refractivity contribution in [2.45, 2.75) is 31.6 Å². The molecule has 0 unspecified atom stereocenters. The molecule has 1 amide bonds. The number of aromatic nitrogens is 1. The Labute approximate surface area is 151 Å². The van der Waals surface area contributed by atoms with E-state index in [9.17, 15) is 9.90 Å². The first-order valence-corrected chi connectivity index (χ1v) is 9.31. The molecule has 1 saturated heterocycles. The molecule has 3 aliphatic rings. The molecule has 0 bridgehead atoms. The Hall–Kier alpha value is -2.34. The lowest BCUT2D eigenvalue weighted by molar-refractivity contribution is 0.0438. The van der Waals surface area contributed by atoms with Gasteiger partial charge in [-0.3, -0.25) is 4.79 Å². The van der Waals surface area contributed by atoms with E-state index >= 15 is 0 Å². The van der Waals surface area contributed by atoms with E-state index in [-0.39, 0.29) is 18.4 Å². The first-order valence-electron chi connectivity index (χ1n) is 9.31. The molecule has 2 aromatic rings. The van der Waals surface area contributed by atoms with Gasteiger partial charge in [-0.1, -0.05) is 23.4 Å². The molecule has 0 radical (unpaired) electrons. The highest BCUT2D eigenvalue weighted by Gasteiger charge is 2.52. The summed E-state index contributed by atoms with van der Waals surface area (Å²) in [6.07, 6.45) is 3.87. The molecule has 2 aliphatic heterocycles. The Morgan fingerprint density at radius 3 is 3.04 bits per heavy atom. The number of rotatable bonds is 2. The Bertz CT molecular complexity index is 861. The monoisotopic (exact) mass is 354 g/mol. The van der Waals surface area contributed by atoms with Gasteiger partial charge in [-0.25, -0.2) is 0 Å². The number of ether oxygens (including phenoxy) is 1. The molecule has 0 spiro atoms. The van der Waals surface area contributed by atoms with Gasteiger partial charge in [0.15, 0.2) is 5.69 Å². The van der Waals surface area contributed by atoms with E-state index in [1.165, 1.54) is 0 Å². The lowest BCUT2D eigenvalue weighted by Crippen LogP contribution is -2.42. The Balaban J connectivity index is 1.47. The number of fused-ring (bicyclic) bond motifs is 4. The summed E-state index contributed by atoms with van der Waals surface area (Å²) in [5.74, 6) is 1.71. The van der Waals surface area contributed by atoms with Crippen molar-refractivity contribution in [3.05, 3.63) is 46.8 Å². The van der Waals surface area contributed by atoms with E-state index < -0.39 is 5.41 Å². The number of carbonyl (C=O) groups is 1. The number of amides is 1. The number of aliphatic hydroxyl groups is 1. The van der Waals surface area contributed by atoms with Gasteiger partial charge in [0.05, 0.1) is 18.6 Å². The number of aliphatic hydroxyl groups excluding tert-OH is 1. The van der Waals surface area contributed by atoms with Gasteiger partial charge in [0, 0.05) is 31.0 Å². The zero-order valence-electron chi connectivity index (χ0n) is 14.6. The van der Waals surface area contributed by atoms with Crippen molar-refractivity contribution in [2.75, 3.05) is 26.3 Å². The smallest absolute Gasteiger partial charge is 0.276 e. The predicted octanol–water partition coefficient (Wildman–Crippen LogP) is 2.16. The van der Waals surface area contributed by atoms with Crippen molar-refractivity contribution in [2.24, 2.45) is 5.41 Å². The van der Waals surface area contributed by atoms with Crippen LogP contribution in [-0.2, 0) is 12.8 Å². The highest BCUT2D eigenvalue weighted by atomic mass is 16.5. The molecule has 5 rings (SSSR count). The fraction of sp³-hybridized carbons (Fsp3) is 0.500. The molecule has 6 heteroatoms. The largest absolute Gasteiger partial charge is 0.493 e. The third-order valence-corrected chi connectivity index (χ3v) is 6.21. The molecular formula is C20H22N2O4. The summed E-state index contributed by atoms with van der Waals surface area (Å²) in [5, 5.41) is 14.2. The van der Waals surface area contributed by atoms with Crippen LogP contribution in [0.1, 0.15) is 46.1 Å². The fourth-order valence-electron chi connectivity index (χ4n) is 4.73. The lowest BCUT2D eigenvalue weighted by Gasteiger charge is -2.37. The van der Waals surface area contributed by atoms with Gasteiger partial charge in [0.1, 0.15) is 11.5 Å². The SMILES string of the molecule is O=C(c1noc2c1CCCC2)N1C[C@@H]2c3ccccc3OC[C@]2(CO)C1. The number of likely N-dealkylation sites (tertiary alicyclic amines) is 1. The molecule has 1 N–H and O–H groups in total. The number of nitrogens with zero attached hydrogens (tertiary/aromatic N) is 2. The van der Waals surface area contributed by atoms with E-state index in [0.29, 0.717) is 25.4 Å². The Morgan fingerprint density at radius 1 is 1.31 bits per heavy atom.